The summed E-state index contributed by atoms with van der Waals surface area (Å²) in [5, 5.41) is 9.29. The van der Waals surface area contributed by atoms with Crippen molar-refractivity contribution in [2.75, 3.05) is 0 Å². The maximum Gasteiger partial charge on any atom is 0.161 e. The lowest BCUT2D eigenvalue weighted by Gasteiger charge is -2.08. The molecular weight excluding hydrogens is 308 g/mol. The first-order chi connectivity index (χ1) is 10.6. The lowest BCUT2D eigenvalue weighted by Crippen LogP contribution is -2.01. The third-order valence-corrected chi connectivity index (χ3v) is 3.68. The lowest BCUT2D eigenvalue weighted by molar-refractivity contribution is 0.510. The fraction of sp³-hybridized carbons (Fsp3) is 0.125. The van der Waals surface area contributed by atoms with Crippen molar-refractivity contribution in [2.24, 2.45) is 0 Å². The molecule has 3 rings (SSSR count). The summed E-state index contributed by atoms with van der Waals surface area (Å²) in [5.74, 6) is -1.42. The minimum absolute atomic E-state index is 0.224. The summed E-state index contributed by atoms with van der Waals surface area (Å²) in [6.07, 6.45) is 0.224. The Hall–Kier alpha value is -2.45. The van der Waals surface area contributed by atoms with E-state index in [1.165, 1.54) is 0 Å². The SMILES string of the molecule is N#CCCn1c(-c2ccccc2Cl)nc2cc(F)c(F)cc21. The maximum atomic E-state index is 13.5. The standard InChI is InChI=1S/C16H10ClF2N3/c17-11-5-2-1-4-10(11)16-21-14-8-12(18)13(19)9-15(14)22(16)7-3-6-20/h1-2,4-5,8-9H,3,7H2. The Labute approximate surface area is 130 Å². The van der Waals surface area contributed by atoms with Crippen LogP contribution in [-0.2, 0) is 6.54 Å². The second-order valence-electron chi connectivity index (χ2n) is 4.73. The number of hydrogen-bond donors (Lipinski definition) is 0. The minimum atomic E-state index is -0.955. The van der Waals surface area contributed by atoms with E-state index in [1.54, 1.807) is 28.8 Å². The Balaban J connectivity index is 2.29. The summed E-state index contributed by atoms with van der Waals surface area (Å²) in [7, 11) is 0. The highest BCUT2D eigenvalue weighted by Gasteiger charge is 2.17. The van der Waals surface area contributed by atoms with Gasteiger partial charge in [0, 0.05) is 24.2 Å². The summed E-state index contributed by atoms with van der Waals surface area (Å²) in [6.45, 7) is 0.318. The van der Waals surface area contributed by atoms with Gasteiger partial charge in [-0.1, -0.05) is 23.7 Å². The summed E-state index contributed by atoms with van der Waals surface area (Å²) < 4.78 is 28.6. The van der Waals surface area contributed by atoms with Crippen LogP contribution in [0.25, 0.3) is 22.4 Å². The molecule has 0 amide bonds. The van der Waals surface area contributed by atoms with E-state index in [2.05, 4.69) is 4.98 Å². The molecule has 0 aliphatic rings. The predicted molar refractivity (Wildman–Crippen MR) is 80.3 cm³/mol. The number of hydrogen-bond acceptors (Lipinski definition) is 2. The molecule has 0 unspecified atom stereocenters. The Morgan fingerprint density at radius 1 is 1.18 bits per heavy atom. The van der Waals surface area contributed by atoms with E-state index in [1.807, 2.05) is 6.07 Å². The van der Waals surface area contributed by atoms with E-state index < -0.39 is 11.6 Å². The zero-order valence-electron chi connectivity index (χ0n) is 11.4. The van der Waals surface area contributed by atoms with Gasteiger partial charge in [-0.15, -0.1) is 0 Å². The number of aromatic nitrogens is 2. The number of aryl methyl sites for hydroxylation is 1. The van der Waals surface area contributed by atoms with Crippen molar-refractivity contribution in [3.05, 3.63) is 53.1 Å². The van der Waals surface area contributed by atoms with Gasteiger partial charge in [0.15, 0.2) is 11.6 Å². The number of benzene rings is 2. The molecule has 0 N–H and O–H groups in total. The van der Waals surface area contributed by atoms with Crippen LogP contribution >= 0.6 is 11.6 Å². The fourth-order valence-electron chi connectivity index (χ4n) is 2.36. The molecule has 2 aromatic carbocycles. The molecular formula is C16H10ClF2N3. The Morgan fingerprint density at radius 2 is 1.91 bits per heavy atom. The van der Waals surface area contributed by atoms with Gasteiger partial charge in [-0.25, -0.2) is 13.8 Å². The molecule has 1 heterocycles. The maximum absolute atomic E-state index is 13.5. The van der Waals surface area contributed by atoms with Crippen LogP contribution in [0.5, 0.6) is 0 Å². The van der Waals surface area contributed by atoms with Gasteiger partial charge < -0.3 is 4.57 Å². The summed E-state index contributed by atoms with van der Waals surface area (Å²) in [4.78, 5) is 4.36. The molecule has 0 aliphatic carbocycles. The molecule has 0 spiro atoms. The number of rotatable bonds is 3. The summed E-state index contributed by atoms with van der Waals surface area (Å²) >= 11 is 6.19. The van der Waals surface area contributed by atoms with Crippen LogP contribution in [0.3, 0.4) is 0 Å². The van der Waals surface area contributed by atoms with E-state index in [9.17, 15) is 8.78 Å². The zero-order chi connectivity index (χ0) is 15.7. The van der Waals surface area contributed by atoms with Gasteiger partial charge in [0.05, 0.1) is 28.5 Å². The normalized spacial score (nSPS) is 10.8. The first-order valence-corrected chi connectivity index (χ1v) is 6.96. The van der Waals surface area contributed by atoms with Gasteiger partial charge in [0.1, 0.15) is 5.82 Å². The largest absolute Gasteiger partial charge is 0.323 e. The number of nitrogens with zero attached hydrogens (tertiary/aromatic N) is 3. The number of halogens is 3. The van der Waals surface area contributed by atoms with Gasteiger partial charge >= 0.3 is 0 Å². The monoisotopic (exact) mass is 317 g/mol. The van der Waals surface area contributed by atoms with Gasteiger partial charge in [0.25, 0.3) is 0 Å². The quantitative estimate of drug-likeness (QED) is 0.711. The Kier molecular flexibility index (Phi) is 3.78. The van der Waals surface area contributed by atoms with E-state index in [0.717, 1.165) is 12.1 Å². The molecule has 110 valence electrons. The van der Waals surface area contributed by atoms with Crippen molar-refractivity contribution < 1.29 is 8.78 Å². The summed E-state index contributed by atoms with van der Waals surface area (Å²) in [5.41, 5.74) is 1.41. The smallest absolute Gasteiger partial charge is 0.161 e. The highest BCUT2D eigenvalue weighted by Crippen LogP contribution is 2.31. The van der Waals surface area contributed by atoms with E-state index in [4.69, 9.17) is 16.9 Å². The topological polar surface area (TPSA) is 41.6 Å². The van der Waals surface area contributed by atoms with Crippen LogP contribution in [0.4, 0.5) is 8.78 Å². The second-order valence-corrected chi connectivity index (χ2v) is 5.14. The number of fused-ring (bicyclic) bond motifs is 1. The van der Waals surface area contributed by atoms with Crippen LogP contribution in [-0.4, -0.2) is 9.55 Å². The minimum Gasteiger partial charge on any atom is -0.323 e. The van der Waals surface area contributed by atoms with E-state index >= 15 is 0 Å². The second kappa shape index (κ2) is 5.74. The zero-order valence-corrected chi connectivity index (χ0v) is 12.1. The first-order valence-electron chi connectivity index (χ1n) is 6.59. The summed E-state index contributed by atoms with van der Waals surface area (Å²) in [6, 6.07) is 11.3. The Morgan fingerprint density at radius 3 is 2.64 bits per heavy atom. The molecule has 3 nitrogen and oxygen atoms in total. The molecule has 0 fully saturated rings. The van der Waals surface area contributed by atoms with Crippen LogP contribution in [0.1, 0.15) is 6.42 Å². The van der Waals surface area contributed by atoms with Gasteiger partial charge in [-0.05, 0) is 12.1 Å². The van der Waals surface area contributed by atoms with Crippen LogP contribution in [0.2, 0.25) is 5.02 Å². The van der Waals surface area contributed by atoms with Crippen LogP contribution in [0.15, 0.2) is 36.4 Å². The van der Waals surface area contributed by atoms with Crippen LogP contribution < -0.4 is 0 Å². The van der Waals surface area contributed by atoms with Gasteiger partial charge in [-0.3, -0.25) is 0 Å². The van der Waals surface area contributed by atoms with Crippen molar-refractivity contribution >= 4 is 22.6 Å². The van der Waals surface area contributed by atoms with Gasteiger partial charge in [-0.2, -0.15) is 5.26 Å². The fourth-order valence-corrected chi connectivity index (χ4v) is 2.58. The first kappa shape index (κ1) is 14.5. The molecule has 0 saturated carbocycles. The molecule has 0 saturated heterocycles. The average Bonchev–Trinajstić information content (AvgIpc) is 2.83. The number of nitriles is 1. The molecule has 1 aromatic heterocycles. The highest BCUT2D eigenvalue weighted by molar-refractivity contribution is 6.33. The molecule has 22 heavy (non-hydrogen) atoms. The van der Waals surface area contributed by atoms with E-state index in [-0.39, 0.29) is 6.42 Å². The van der Waals surface area contributed by atoms with Crippen molar-refractivity contribution in [3.8, 4) is 17.5 Å². The van der Waals surface area contributed by atoms with Crippen molar-refractivity contribution in [2.45, 2.75) is 13.0 Å². The van der Waals surface area contributed by atoms with Gasteiger partial charge in [0.2, 0.25) is 0 Å². The van der Waals surface area contributed by atoms with Crippen molar-refractivity contribution in [1.82, 2.24) is 9.55 Å². The molecule has 3 aromatic rings. The highest BCUT2D eigenvalue weighted by atomic mass is 35.5. The molecule has 0 bridgehead atoms. The van der Waals surface area contributed by atoms with Crippen molar-refractivity contribution in [1.29, 1.82) is 5.26 Å². The Bertz CT molecular complexity index is 896. The molecule has 0 aliphatic heterocycles. The third kappa shape index (κ3) is 2.42. The average molecular weight is 318 g/mol. The molecule has 0 radical (unpaired) electrons. The van der Waals surface area contributed by atoms with E-state index in [0.29, 0.717) is 34.0 Å². The predicted octanol–water partition coefficient (Wildman–Crippen LogP) is 4.55. The lowest BCUT2D eigenvalue weighted by atomic mass is 10.2. The molecule has 6 heteroatoms. The molecule has 0 atom stereocenters. The number of imidazole rings is 1. The van der Waals surface area contributed by atoms with Crippen LogP contribution in [0, 0.1) is 23.0 Å². The third-order valence-electron chi connectivity index (χ3n) is 3.35. The van der Waals surface area contributed by atoms with Crippen molar-refractivity contribution in [3.63, 3.8) is 0 Å².